The smallest absolute Gasteiger partial charge is 0.325 e. The molecule has 0 radical (unpaired) electrons. The summed E-state index contributed by atoms with van der Waals surface area (Å²) in [5.74, 6) is 0.293. The lowest BCUT2D eigenvalue weighted by Crippen LogP contribution is -2.33. The van der Waals surface area contributed by atoms with Crippen molar-refractivity contribution in [2.45, 2.75) is 25.2 Å². The molecule has 0 spiro atoms. The first kappa shape index (κ1) is 16.6. The summed E-state index contributed by atoms with van der Waals surface area (Å²) in [7, 11) is 1.62. The predicted octanol–water partition coefficient (Wildman–Crippen LogP) is 2.50. The minimum absolute atomic E-state index is 0.0157. The first-order valence-corrected chi connectivity index (χ1v) is 7.60. The van der Waals surface area contributed by atoms with Gasteiger partial charge in [0.2, 0.25) is 5.91 Å². The van der Waals surface area contributed by atoms with Gasteiger partial charge in [0.05, 0.1) is 6.61 Å². The molecule has 1 aromatic carbocycles. The van der Waals surface area contributed by atoms with Crippen molar-refractivity contribution in [1.29, 1.82) is 0 Å². The van der Waals surface area contributed by atoms with Gasteiger partial charge in [-0.1, -0.05) is 17.7 Å². The normalized spacial score (nSPS) is 10.2. The molecule has 4 nitrogen and oxygen atoms in total. The summed E-state index contributed by atoms with van der Waals surface area (Å²) >= 11 is 1.64. The fourth-order valence-electron chi connectivity index (χ4n) is 1.57. The molecule has 0 N–H and O–H groups in total. The molecule has 0 unspecified atom stereocenters. The van der Waals surface area contributed by atoms with Crippen LogP contribution in [0, 0.1) is 6.92 Å². The van der Waals surface area contributed by atoms with Crippen LogP contribution in [0.3, 0.4) is 0 Å². The summed E-state index contributed by atoms with van der Waals surface area (Å²) in [6, 6.07) is 8.20. The molecule has 20 heavy (non-hydrogen) atoms. The van der Waals surface area contributed by atoms with E-state index in [9.17, 15) is 9.59 Å². The largest absolute Gasteiger partial charge is 0.465 e. The highest BCUT2D eigenvalue weighted by molar-refractivity contribution is 7.99. The molecule has 0 heterocycles. The molecule has 0 aromatic heterocycles. The van der Waals surface area contributed by atoms with Gasteiger partial charge in [-0.15, -0.1) is 11.8 Å². The second-order valence-corrected chi connectivity index (χ2v) is 5.63. The topological polar surface area (TPSA) is 46.6 Å². The Balaban J connectivity index is 2.28. The number of rotatable bonds is 7. The molecule has 1 aromatic rings. The Labute approximate surface area is 124 Å². The van der Waals surface area contributed by atoms with Crippen LogP contribution in [0.15, 0.2) is 29.2 Å². The van der Waals surface area contributed by atoms with Crippen LogP contribution in [0.25, 0.3) is 0 Å². The summed E-state index contributed by atoms with van der Waals surface area (Å²) in [6.07, 6.45) is 0.411. The minimum atomic E-state index is -0.366. The van der Waals surface area contributed by atoms with Gasteiger partial charge >= 0.3 is 5.97 Å². The lowest BCUT2D eigenvalue weighted by atomic mass is 10.2. The van der Waals surface area contributed by atoms with Crippen molar-refractivity contribution in [1.82, 2.24) is 4.90 Å². The van der Waals surface area contributed by atoms with Gasteiger partial charge in [0.1, 0.15) is 6.54 Å². The zero-order valence-electron chi connectivity index (χ0n) is 12.2. The highest BCUT2D eigenvalue weighted by atomic mass is 32.2. The Hall–Kier alpha value is -1.49. The monoisotopic (exact) mass is 295 g/mol. The molecule has 0 atom stereocenters. The first-order chi connectivity index (χ1) is 9.52. The molecule has 0 aliphatic carbocycles. The second kappa shape index (κ2) is 8.64. The van der Waals surface area contributed by atoms with Crippen molar-refractivity contribution < 1.29 is 14.3 Å². The molecule has 0 saturated heterocycles. The van der Waals surface area contributed by atoms with Gasteiger partial charge in [0.25, 0.3) is 0 Å². The van der Waals surface area contributed by atoms with Crippen LogP contribution in [0.4, 0.5) is 0 Å². The Morgan fingerprint density at radius 3 is 2.50 bits per heavy atom. The number of hydrogen-bond donors (Lipinski definition) is 0. The molecular weight excluding hydrogens is 274 g/mol. The number of amides is 1. The number of esters is 1. The van der Waals surface area contributed by atoms with Crippen molar-refractivity contribution in [2.75, 3.05) is 26.0 Å². The number of thioether (sulfide) groups is 1. The van der Waals surface area contributed by atoms with E-state index >= 15 is 0 Å². The average molecular weight is 295 g/mol. The standard InChI is InChI=1S/C15H21NO3S/c1-4-19-15(18)11-16(3)14(17)9-10-20-13-7-5-12(2)6-8-13/h5-8H,4,9-11H2,1-3H3. The first-order valence-electron chi connectivity index (χ1n) is 6.62. The lowest BCUT2D eigenvalue weighted by Gasteiger charge is -2.15. The number of nitrogens with zero attached hydrogens (tertiary/aromatic N) is 1. The SMILES string of the molecule is CCOC(=O)CN(C)C(=O)CCSc1ccc(C)cc1. The van der Waals surface area contributed by atoms with Crippen LogP contribution in [0.5, 0.6) is 0 Å². The third kappa shape index (κ3) is 6.10. The van der Waals surface area contributed by atoms with E-state index < -0.39 is 0 Å². The van der Waals surface area contributed by atoms with Crippen LogP contribution >= 0.6 is 11.8 Å². The fraction of sp³-hybridized carbons (Fsp3) is 0.467. The van der Waals surface area contributed by atoms with Crippen molar-refractivity contribution in [2.24, 2.45) is 0 Å². The summed E-state index contributed by atoms with van der Waals surface area (Å²) < 4.78 is 4.81. The molecule has 0 bridgehead atoms. The maximum Gasteiger partial charge on any atom is 0.325 e. The Bertz CT molecular complexity index is 445. The third-order valence-corrected chi connectivity index (χ3v) is 3.72. The van der Waals surface area contributed by atoms with E-state index in [0.717, 1.165) is 4.90 Å². The van der Waals surface area contributed by atoms with Crippen molar-refractivity contribution >= 4 is 23.6 Å². The number of benzene rings is 1. The van der Waals surface area contributed by atoms with E-state index in [-0.39, 0.29) is 18.4 Å². The Morgan fingerprint density at radius 1 is 1.25 bits per heavy atom. The molecule has 110 valence electrons. The predicted molar refractivity (Wildman–Crippen MR) is 80.8 cm³/mol. The Morgan fingerprint density at radius 2 is 1.90 bits per heavy atom. The molecule has 5 heteroatoms. The maximum atomic E-state index is 11.8. The highest BCUT2D eigenvalue weighted by Gasteiger charge is 2.13. The third-order valence-electron chi connectivity index (χ3n) is 2.70. The number of carbonyl (C=O) groups excluding carboxylic acids is 2. The van der Waals surface area contributed by atoms with E-state index in [1.807, 2.05) is 19.1 Å². The maximum absolute atomic E-state index is 11.8. The Kier molecular flexibility index (Phi) is 7.15. The van der Waals surface area contributed by atoms with Gasteiger partial charge in [0.15, 0.2) is 0 Å². The van der Waals surface area contributed by atoms with E-state index in [1.165, 1.54) is 10.5 Å². The summed E-state index contributed by atoms with van der Waals surface area (Å²) in [5, 5.41) is 0. The number of hydrogen-bond acceptors (Lipinski definition) is 4. The summed E-state index contributed by atoms with van der Waals surface area (Å²) in [6.45, 7) is 4.15. The van der Waals surface area contributed by atoms with Gasteiger partial charge in [-0.2, -0.15) is 0 Å². The zero-order chi connectivity index (χ0) is 15.0. The fourth-order valence-corrected chi connectivity index (χ4v) is 2.41. The van der Waals surface area contributed by atoms with Crippen LogP contribution in [-0.4, -0.2) is 42.7 Å². The van der Waals surface area contributed by atoms with E-state index in [2.05, 4.69) is 12.1 Å². The van der Waals surface area contributed by atoms with Crippen LogP contribution in [0.2, 0.25) is 0 Å². The molecule has 0 aliphatic heterocycles. The molecular formula is C15H21NO3S. The molecule has 0 aliphatic rings. The van der Waals surface area contributed by atoms with Crippen molar-refractivity contribution in [3.8, 4) is 0 Å². The molecule has 1 amide bonds. The minimum Gasteiger partial charge on any atom is -0.465 e. The zero-order valence-corrected chi connectivity index (χ0v) is 13.0. The van der Waals surface area contributed by atoms with Crippen LogP contribution in [-0.2, 0) is 14.3 Å². The summed E-state index contributed by atoms with van der Waals surface area (Å²) in [4.78, 5) is 25.7. The van der Waals surface area contributed by atoms with Crippen LogP contribution in [0.1, 0.15) is 18.9 Å². The summed E-state index contributed by atoms with van der Waals surface area (Å²) in [5.41, 5.74) is 1.22. The quantitative estimate of drug-likeness (QED) is 0.573. The number of ether oxygens (including phenoxy) is 1. The van der Waals surface area contributed by atoms with Crippen molar-refractivity contribution in [3.63, 3.8) is 0 Å². The molecule has 0 saturated carbocycles. The van der Waals surface area contributed by atoms with Gasteiger partial charge in [-0.3, -0.25) is 9.59 Å². The molecule has 0 fully saturated rings. The van der Waals surface area contributed by atoms with Crippen molar-refractivity contribution in [3.05, 3.63) is 29.8 Å². The number of likely N-dealkylation sites (N-methyl/N-ethyl adjacent to an activating group) is 1. The van der Waals surface area contributed by atoms with Gasteiger partial charge in [0, 0.05) is 24.1 Å². The lowest BCUT2D eigenvalue weighted by molar-refractivity contribution is -0.148. The van der Waals surface area contributed by atoms with E-state index in [4.69, 9.17) is 4.74 Å². The van der Waals surface area contributed by atoms with Gasteiger partial charge < -0.3 is 9.64 Å². The van der Waals surface area contributed by atoms with E-state index in [1.54, 1.807) is 25.7 Å². The average Bonchev–Trinajstić information content (AvgIpc) is 2.41. The number of aryl methyl sites for hydroxylation is 1. The highest BCUT2D eigenvalue weighted by Crippen LogP contribution is 2.19. The molecule has 1 rings (SSSR count). The van der Waals surface area contributed by atoms with Gasteiger partial charge in [-0.25, -0.2) is 0 Å². The second-order valence-electron chi connectivity index (χ2n) is 4.47. The van der Waals surface area contributed by atoms with E-state index in [0.29, 0.717) is 18.8 Å². The van der Waals surface area contributed by atoms with Gasteiger partial charge in [-0.05, 0) is 26.0 Å². The van der Waals surface area contributed by atoms with Crippen LogP contribution < -0.4 is 0 Å². The number of carbonyl (C=O) groups is 2.